The van der Waals surface area contributed by atoms with Gasteiger partial charge >= 0.3 is 0 Å². The van der Waals surface area contributed by atoms with Gasteiger partial charge in [0.25, 0.3) is 0 Å². The van der Waals surface area contributed by atoms with Gasteiger partial charge in [-0.05, 0) is 199 Å². The van der Waals surface area contributed by atoms with E-state index >= 15 is 0 Å². The first-order valence-corrected chi connectivity index (χ1v) is 49.0. The van der Waals surface area contributed by atoms with Crippen LogP contribution in [0.4, 0.5) is 0 Å². The molecule has 0 bridgehead atoms. The Morgan fingerprint density at radius 1 is 0.0986 bits per heavy atom. The van der Waals surface area contributed by atoms with Gasteiger partial charge in [-0.3, -0.25) is 0 Å². The van der Waals surface area contributed by atoms with E-state index < -0.39 is 0 Å². The van der Waals surface area contributed by atoms with Crippen molar-refractivity contribution >= 4 is 218 Å². The van der Waals surface area contributed by atoms with E-state index in [1.807, 2.05) is 0 Å². The molecule has 32 aromatic rings. The highest BCUT2D eigenvalue weighted by Gasteiger charge is 2.32. The van der Waals surface area contributed by atoms with Crippen molar-refractivity contribution in [2.24, 2.45) is 0 Å². The molecular weight excluding hydrogens is 1730 g/mol. The molecule has 10 heteroatoms. The van der Waals surface area contributed by atoms with Gasteiger partial charge in [0.15, 0.2) is 0 Å². The Kier molecular flexibility index (Phi) is 15.8. The Balaban J connectivity index is 0.650. The summed E-state index contributed by atoms with van der Waals surface area (Å²) in [7, 11) is 0. The molecule has 0 N–H and O–H groups in total. The van der Waals surface area contributed by atoms with E-state index in [-0.39, 0.29) is 0 Å². The van der Waals surface area contributed by atoms with Crippen molar-refractivity contribution in [3.63, 3.8) is 0 Å². The molecule has 142 heavy (non-hydrogen) atoms. The molecule has 0 amide bonds. The summed E-state index contributed by atoms with van der Waals surface area (Å²) in [4.78, 5) is 0. The number of benzene rings is 22. The van der Waals surface area contributed by atoms with Gasteiger partial charge in [0.2, 0.25) is 0 Å². The molecule has 0 atom stereocenters. The van der Waals surface area contributed by atoms with Crippen LogP contribution in [0.15, 0.2) is 485 Å². The Bertz CT molecular complexity index is 10800. The molecule has 0 unspecified atom stereocenters. The Labute approximate surface area is 811 Å². The van der Waals surface area contributed by atoms with Crippen molar-refractivity contribution in [3.05, 3.63) is 485 Å². The zero-order valence-electron chi connectivity index (χ0n) is 76.7. The molecule has 0 aliphatic rings. The minimum atomic E-state index is 0.999. The standard InChI is InChI=1S/C132H80N10/c1-5-36-82(37-6-1)133-112-57-23-17-51-96(112)107-78-124-108(77-122(107)133)98-53-19-25-59-114(98)135(124)87-45-34-46-88(72-87)136-115-60-26-20-54-99(115)110-79-123-109(80-125(110)136)97-52-18-24-58-113(97)134(123)86-44-33-35-81(71-86)106-76-111-100-55-21-31-65-120(100)139(85-42-11-4-12-43-85)131(111)132-126(106)105-56-22-32-66-121(105)142(132)91-74-89(140-118-63-29-15-49-94(118)103-69-67-101-92-47-13-27-61-116(92)137(127(101)129(103)140)83-38-7-2-8-39-83)73-90(75-91)141-119-64-30-16-50-95(119)104-70-68-102-93-48-14-28-62-117(93)138(128(102)130(104)141)84-40-9-3-10-41-84/h1-80H. The fraction of sp³-hybridized carbons (Fsp3) is 0. The summed E-state index contributed by atoms with van der Waals surface area (Å²) in [6.45, 7) is 0. The highest BCUT2D eigenvalue weighted by Crippen LogP contribution is 2.53. The molecule has 0 aliphatic carbocycles. The van der Waals surface area contributed by atoms with E-state index in [2.05, 4.69) is 531 Å². The molecule has 22 aromatic carbocycles. The van der Waals surface area contributed by atoms with Gasteiger partial charge in [-0.2, -0.15) is 0 Å². The van der Waals surface area contributed by atoms with Crippen LogP contribution in [-0.4, -0.2) is 45.7 Å². The molecule has 0 fully saturated rings. The van der Waals surface area contributed by atoms with Crippen molar-refractivity contribution in [2.45, 2.75) is 0 Å². The number of rotatable bonds is 11. The summed E-state index contributed by atoms with van der Waals surface area (Å²) in [5.41, 5.74) is 35.5. The SMILES string of the molecule is c1ccc(-n2c3ccccc3c3cc4c(cc32)c2ccccc2n4-c2cccc(-n3c4ccccc4c4cc5c(cc43)c3ccccc3n5-c3cccc(-c4cc5c6ccccc6n(-c6ccccc6)c5c5c4c4ccccc4n5-c4cc(-n5c6ccccc6c6ccc7c8ccccc8n(-c8ccccc8)c7c65)cc(-n5c6ccccc6c6ccc7c8ccccc8n(-c8ccccc8)c7c65)c4)c3)c2)cc1. The number of para-hydroxylation sites is 14. The van der Waals surface area contributed by atoms with Gasteiger partial charge in [-0.15, -0.1) is 0 Å². The van der Waals surface area contributed by atoms with Crippen LogP contribution in [0.1, 0.15) is 0 Å². The monoisotopic (exact) mass is 1800 g/mol. The molecule has 32 rings (SSSR count). The molecule has 0 aliphatic heterocycles. The number of fused-ring (bicyclic) bond motifs is 33. The van der Waals surface area contributed by atoms with Crippen LogP contribution in [0, 0.1) is 0 Å². The lowest BCUT2D eigenvalue weighted by molar-refractivity contribution is 1.09. The average Bonchev–Trinajstić information content (AvgIpc) is 1.52. The van der Waals surface area contributed by atoms with Gasteiger partial charge in [0, 0.05) is 148 Å². The fourth-order valence-corrected chi connectivity index (χ4v) is 25.3. The molecule has 0 radical (unpaired) electrons. The summed E-state index contributed by atoms with van der Waals surface area (Å²) >= 11 is 0. The molecule has 10 heterocycles. The van der Waals surface area contributed by atoms with Gasteiger partial charge in [-0.1, -0.05) is 297 Å². The van der Waals surface area contributed by atoms with Gasteiger partial charge in [0.05, 0.1) is 127 Å². The van der Waals surface area contributed by atoms with Gasteiger partial charge in [0.1, 0.15) is 0 Å². The van der Waals surface area contributed by atoms with Crippen LogP contribution in [0.3, 0.4) is 0 Å². The maximum absolute atomic E-state index is 2.65. The number of hydrogen-bond donors (Lipinski definition) is 0. The maximum Gasteiger partial charge on any atom is 0.0795 e. The van der Waals surface area contributed by atoms with Crippen molar-refractivity contribution < 1.29 is 0 Å². The van der Waals surface area contributed by atoms with E-state index in [1.54, 1.807) is 0 Å². The van der Waals surface area contributed by atoms with E-state index in [9.17, 15) is 0 Å². The lowest BCUT2D eigenvalue weighted by Crippen LogP contribution is -2.05. The van der Waals surface area contributed by atoms with Crippen LogP contribution < -0.4 is 0 Å². The lowest BCUT2D eigenvalue weighted by Gasteiger charge is -2.19. The van der Waals surface area contributed by atoms with Crippen LogP contribution in [0.5, 0.6) is 0 Å². The Hall–Kier alpha value is -19.2. The van der Waals surface area contributed by atoms with E-state index in [4.69, 9.17) is 0 Å². The number of nitrogens with zero attached hydrogens (tertiary/aromatic N) is 10. The summed E-state index contributed by atoms with van der Waals surface area (Å²) in [6.07, 6.45) is 0. The summed E-state index contributed by atoms with van der Waals surface area (Å²) in [5, 5.41) is 23.6. The minimum absolute atomic E-state index is 0.999. The quantitative estimate of drug-likeness (QED) is 0.124. The predicted octanol–water partition coefficient (Wildman–Crippen LogP) is 34.3. The van der Waals surface area contributed by atoms with Gasteiger partial charge in [-0.25, -0.2) is 0 Å². The summed E-state index contributed by atoms with van der Waals surface area (Å²) in [6, 6.07) is 182. The first-order valence-electron chi connectivity index (χ1n) is 49.0. The van der Waals surface area contributed by atoms with Crippen molar-refractivity contribution in [1.29, 1.82) is 0 Å². The highest BCUT2D eigenvalue weighted by atomic mass is 15.1. The van der Waals surface area contributed by atoms with Crippen LogP contribution in [0.25, 0.3) is 286 Å². The van der Waals surface area contributed by atoms with E-state index in [1.165, 1.54) is 97.2 Å². The maximum atomic E-state index is 2.65. The topological polar surface area (TPSA) is 49.3 Å². The van der Waals surface area contributed by atoms with E-state index in [0.29, 0.717) is 0 Å². The molecule has 10 nitrogen and oxygen atoms in total. The average molecular weight is 1810 g/mol. The van der Waals surface area contributed by atoms with Crippen molar-refractivity contribution in [2.75, 3.05) is 0 Å². The number of aromatic nitrogens is 10. The third-order valence-electron chi connectivity index (χ3n) is 30.9. The minimum Gasteiger partial charge on any atom is -0.309 e. The normalized spacial score (nSPS) is 12.4. The predicted molar refractivity (Wildman–Crippen MR) is 595 cm³/mol. The molecule has 0 saturated carbocycles. The molecule has 10 aromatic heterocycles. The molecule has 0 spiro atoms. The third-order valence-corrected chi connectivity index (χ3v) is 30.9. The van der Waals surface area contributed by atoms with Crippen LogP contribution in [-0.2, 0) is 0 Å². The summed E-state index contributed by atoms with van der Waals surface area (Å²) < 4.78 is 25.4. The third kappa shape index (κ3) is 10.6. The smallest absolute Gasteiger partial charge is 0.0795 e. The largest absolute Gasteiger partial charge is 0.309 e. The second kappa shape index (κ2) is 29.2. The van der Waals surface area contributed by atoms with Crippen molar-refractivity contribution in [1.82, 2.24) is 45.7 Å². The zero-order chi connectivity index (χ0) is 92.4. The fourth-order valence-electron chi connectivity index (χ4n) is 25.3. The Morgan fingerprint density at radius 3 is 0.620 bits per heavy atom. The first-order chi connectivity index (χ1) is 70.5. The molecule has 0 saturated heterocycles. The van der Waals surface area contributed by atoms with Crippen LogP contribution in [0.2, 0.25) is 0 Å². The van der Waals surface area contributed by atoms with Gasteiger partial charge < -0.3 is 45.7 Å². The zero-order valence-corrected chi connectivity index (χ0v) is 76.7. The molecular formula is C132H80N10. The second-order valence-corrected chi connectivity index (χ2v) is 38.2. The lowest BCUT2D eigenvalue weighted by atomic mass is 9.96. The Morgan fingerprint density at radius 2 is 0.303 bits per heavy atom. The summed E-state index contributed by atoms with van der Waals surface area (Å²) in [5.74, 6) is 0. The van der Waals surface area contributed by atoms with E-state index in [0.717, 1.165) is 189 Å². The molecule has 658 valence electrons. The first kappa shape index (κ1) is 77.1. The van der Waals surface area contributed by atoms with Crippen LogP contribution >= 0.6 is 0 Å². The second-order valence-electron chi connectivity index (χ2n) is 38.2. The highest BCUT2D eigenvalue weighted by molar-refractivity contribution is 6.31. The van der Waals surface area contributed by atoms with Crippen molar-refractivity contribution in [3.8, 4) is 68.0 Å². The number of hydrogen-bond acceptors (Lipinski definition) is 0.